The highest BCUT2D eigenvalue weighted by Gasteiger charge is 2.13. The summed E-state index contributed by atoms with van der Waals surface area (Å²) in [6.45, 7) is 2.13. The van der Waals surface area contributed by atoms with E-state index >= 15 is 0 Å². The van der Waals surface area contributed by atoms with Gasteiger partial charge in [0.1, 0.15) is 19.3 Å². The number of aromatic nitrogens is 7. The average Bonchev–Trinajstić information content (AvgIpc) is 2.86. The lowest BCUT2D eigenvalue weighted by Crippen LogP contribution is -2.23. The third kappa shape index (κ3) is 2.55. The molecule has 3 aromatic rings. The summed E-state index contributed by atoms with van der Waals surface area (Å²) in [4.78, 5) is 23.6. The lowest BCUT2D eigenvalue weighted by Gasteiger charge is -2.11. The van der Waals surface area contributed by atoms with Crippen molar-refractivity contribution in [2.24, 2.45) is 7.05 Å². The highest BCUT2D eigenvalue weighted by atomic mass is 16.5. The van der Waals surface area contributed by atoms with Crippen molar-refractivity contribution in [2.75, 3.05) is 0 Å². The Hall–Kier alpha value is -3.10. The molecule has 0 spiro atoms. The van der Waals surface area contributed by atoms with Crippen LogP contribution in [0.1, 0.15) is 11.1 Å². The zero-order chi connectivity index (χ0) is 15.5. The minimum Gasteiger partial charge on any atom is -0.458 e. The fourth-order valence-corrected chi connectivity index (χ4v) is 1.98. The Balaban J connectivity index is 1.97. The van der Waals surface area contributed by atoms with Gasteiger partial charge in [-0.05, 0) is 29.0 Å². The molecule has 0 aliphatic rings. The Kier molecular flexibility index (Phi) is 3.60. The molecule has 3 rings (SSSR count). The van der Waals surface area contributed by atoms with E-state index in [1.165, 1.54) is 22.0 Å². The van der Waals surface area contributed by atoms with Crippen LogP contribution < -0.4 is 10.4 Å². The zero-order valence-electron chi connectivity index (χ0n) is 12.0. The van der Waals surface area contributed by atoms with Crippen molar-refractivity contribution in [3.05, 3.63) is 52.5 Å². The molecule has 0 unspecified atom stereocenters. The fraction of sp³-hybridized carbons (Fsp3) is 0.231. The molecule has 0 saturated heterocycles. The first-order chi connectivity index (χ1) is 10.7. The third-order valence-electron chi connectivity index (χ3n) is 3.15. The van der Waals surface area contributed by atoms with Gasteiger partial charge in [0, 0.05) is 12.6 Å². The lowest BCUT2D eigenvalue weighted by atomic mass is 10.1. The molecular weight excluding hydrogens is 286 g/mol. The van der Waals surface area contributed by atoms with Gasteiger partial charge in [0.2, 0.25) is 0 Å². The van der Waals surface area contributed by atoms with Gasteiger partial charge in [-0.15, -0.1) is 0 Å². The molecule has 0 fully saturated rings. The van der Waals surface area contributed by atoms with Crippen molar-refractivity contribution in [3.63, 3.8) is 0 Å². The lowest BCUT2D eigenvalue weighted by molar-refractivity contribution is 0.278. The van der Waals surface area contributed by atoms with E-state index in [1.807, 2.05) is 19.1 Å². The quantitative estimate of drug-likeness (QED) is 0.670. The van der Waals surface area contributed by atoms with E-state index in [9.17, 15) is 4.79 Å². The molecule has 0 amide bonds. The smallest absolute Gasteiger partial charge is 0.368 e. The van der Waals surface area contributed by atoms with Gasteiger partial charge < -0.3 is 4.74 Å². The fourth-order valence-electron chi connectivity index (χ4n) is 1.98. The van der Waals surface area contributed by atoms with E-state index in [2.05, 4.69) is 25.4 Å². The predicted molar refractivity (Wildman–Crippen MR) is 75.5 cm³/mol. The molecule has 9 nitrogen and oxygen atoms in total. The normalized spacial score (nSPS) is 10.6. The molecule has 0 radical (unpaired) electrons. The zero-order valence-corrected chi connectivity index (χ0v) is 12.0. The second kappa shape index (κ2) is 5.72. The maximum Gasteiger partial charge on any atom is 0.368 e. The van der Waals surface area contributed by atoms with Gasteiger partial charge in [0.15, 0.2) is 0 Å². The Labute approximate surface area is 125 Å². The van der Waals surface area contributed by atoms with Crippen LogP contribution in [0.25, 0.3) is 5.69 Å². The van der Waals surface area contributed by atoms with Crippen LogP contribution in [0.15, 0.2) is 35.6 Å². The number of hydrogen-bond acceptors (Lipinski definition) is 7. The third-order valence-corrected chi connectivity index (χ3v) is 3.15. The molecule has 22 heavy (non-hydrogen) atoms. The van der Waals surface area contributed by atoms with Crippen LogP contribution in [0.4, 0.5) is 0 Å². The van der Waals surface area contributed by atoms with Crippen molar-refractivity contribution >= 4 is 0 Å². The molecule has 0 aliphatic carbocycles. The molecule has 0 atom stereocenters. The molecule has 0 N–H and O–H groups in total. The van der Waals surface area contributed by atoms with Gasteiger partial charge in [-0.2, -0.15) is 19.3 Å². The molecule has 112 valence electrons. The largest absolute Gasteiger partial charge is 0.458 e. The second-order valence-corrected chi connectivity index (χ2v) is 4.58. The Morgan fingerprint density at radius 1 is 1.18 bits per heavy atom. The molecule has 9 heteroatoms. The summed E-state index contributed by atoms with van der Waals surface area (Å²) in [5, 5.41) is 7.59. The number of aryl methyl sites for hydroxylation is 2. The van der Waals surface area contributed by atoms with Crippen molar-refractivity contribution in [2.45, 2.75) is 13.5 Å². The van der Waals surface area contributed by atoms with E-state index in [1.54, 1.807) is 13.1 Å². The van der Waals surface area contributed by atoms with Crippen LogP contribution in [0, 0.1) is 6.92 Å². The predicted octanol–water partition coefficient (Wildman–Crippen LogP) is 0.0384. The summed E-state index contributed by atoms with van der Waals surface area (Å²) < 4.78 is 7.95. The molecule has 2 heterocycles. The SMILES string of the molecule is Cc1cccc(-n2nnn(C)c2=O)c1COc1ncncn1. The van der Waals surface area contributed by atoms with Gasteiger partial charge in [-0.3, -0.25) is 0 Å². The van der Waals surface area contributed by atoms with Crippen LogP contribution in [-0.4, -0.2) is 34.7 Å². The van der Waals surface area contributed by atoms with Crippen LogP contribution in [0.2, 0.25) is 0 Å². The Morgan fingerprint density at radius 2 is 1.95 bits per heavy atom. The highest BCUT2D eigenvalue weighted by Crippen LogP contribution is 2.18. The van der Waals surface area contributed by atoms with Crippen molar-refractivity contribution < 1.29 is 4.74 Å². The number of hydrogen-bond donors (Lipinski definition) is 0. The summed E-state index contributed by atoms with van der Waals surface area (Å²) >= 11 is 0. The number of benzene rings is 1. The minimum atomic E-state index is -0.327. The van der Waals surface area contributed by atoms with E-state index in [0.29, 0.717) is 5.69 Å². The number of nitrogens with zero attached hydrogens (tertiary/aromatic N) is 7. The average molecular weight is 299 g/mol. The van der Waals surface area contributed by atoms with E-state index < -0.39 is 0 Å². The first-order valence-corrected chi connectivity index (χ1v) is 6.49. The Morgan fingerprint density at radius 3 is 2.64 bits per heavy atom. The summed E-state index contributed by atoms with van der Waals surface area (Å²) in [5.41, 5.74) is 2.06. The first kappa shape index (κ1) is 13.9. The summed E-state index contributed by atoms with van der Waals surface area (Å²) in [7, 11) is 1.54. The van der Waals surface area contributed by atoms with Crippen molar-refractivity contribution in [1.29, 1.82) is 0 Å². The van der Waals surface area contributed by atoms with E-state index in [-0.39, 0.29) is 18.3 Å². The maximum absolute atomic E-state index is 12.0. The summed E-state index contributed by atoms with van der Waals surface area (Å²) in [5.74, 6) is 0. The highest BCUT2D eigenvalue weighted by molar-refractivity contribution is 5.44. The molecule has 0 saturated carbocycles. The van der Waals surface area contributed by atoms with Gasteiger partial charge in [0.05, 0.1) is 5.69 Å². The van der Waals surface area contributed by atoms with E-state index in [4.69, 9.17) is 4.74 Å². The van der Waals surface area contributed by atoms with Crippen molar-refractivity contribution in [3.8, 4) is 11.7 Å². The second-order valence-electron chi connectivity index (χ2n) is 4.58. The Bertz CT molecular complexity index is 841. The number of tetrazole rings is 1. The van der Waals surface area contributed by atoms with Crippen LogP contribution in [0.5, 0.6) is 6.01 Å². The molecule has 0 aliphatic heterocycles. The topological polar surface area (TPSA) is 101 Å². The standard InChI is InChI=1S/C13H13N7O2/c1-9-4-3-5-11(20-13(21)19(2)17-18-20)10(9)6-22-12-15-7-14-8-16-12/h3-5,7-8H,6H2,1-2H3. The minimum absolute atomic E-state index is 0.203. The van der Waals surface area contributed by atoms with Crippen molar-refractivity contribution in [1.82, 2.24) is 34.7 Å². The van der Waals surface area contributed by atoms with Gasteiger partial charge in [0.25, 0.3) is 0 Å². The van der Waals surface area contributed by atoms with Crippen LogP contribution in [-0.2, 0) is 13.7 Å². The van der Waals surface area contributed by atoms with Crippen LogP contribution in [0.3, 0.4) is 0 Å². The van der Waals surface area contributed by atoms with Gasteiger partial charge in [-0.1, -0.05) is 12.1 Å². The maximum atomic E-state index is 12.0. The monoisotopic (exact) mass is 299 g/mol. The van der Waals surface area contributed by atoms with Gasteiger partial charge >= 0.3 is 11.7 Å². The molecule has 2 aromatic heterocycles. The first-order valence-electron chi connectivity index (χ1n) is 6.49. The van der Waals surface area contributed by atoms with Gasteiger partial charge in [-0.25, -0.2) is 9.78 Å². The van der Waals surface area contributed by atoms with E-state index in [0.717, 1.165) is 11.1 Å². The summed E-state index contributed by atoms with van der Waals surface area (Å²) in [6.07, 6.45) is 2.71. The number of ether oxygens (including phenoxy) is 1. The molecule has 0 bridgehead atoms. The molecule has 1 aromatic carbocycles. The van der Waals surface area contributed by atoms with Crippen LogP contribution >= 0.6 is 0 Å². The summed E-state index contributed by atoms with van der Waals surface area (Å²) in [6, 6.07) is 5.78. The molecular formula is C13H13N7O2. The number of rotatable bonds is 4.